The summed E-state index contributed by atoms with van der Waals surface area (Å²) in [6, 6.07) is 9.23. The Labute approximate surface area is 176 Å². The molecule has 0 amide bonds. The zero-order chi connectivity index (χ0) is 20.7. The number of methoxy groups -OCH3 is 2. The topological polar surface area (TPSA) is 98.5 Å². The van der Waals surface area contributed by atoms with E-state index in [1.807, 2.05) is 29.6 Å². The molecule has 0 saturated carbocycles. The molecule has 1 aliphatic heterocycles. The summed E-state index contributed by atoms with van der Waals surface area (Å²) in [7, 11) is 3.18. The van der Waals surface area contributed by atoms with Crippen LogP contribution in [0.4, 0.5) is 11.6 Å². The summed E-state index contributed by atoms with van der Waals surface area (Å²) in [6.45, 7) is 0. The van der Waals surface area contributed by atoms with Crippen LogP contribution < -0.4 is 20.1 Å². The van der Waals surface area contributed by atoms with Crippen molar-refractivity contribution in [1.82, 2.24) is 10.3 Å². The van der Waals surface area contributed by atoms with Crippen LogP contribution in [0.2, 0.25) is 0 Å². The summed E-state index contributed by atoms with van der Waals surface area (Å²) in [5.74, 6) is 2.27. The van der Waals surface area contributed by atoms with Gasteiger partial charge >= 0.3 is 0 Å². The Balaban J connectivity index is 1.65. The quantitative estimate of drug-likeness (QED) is 0.645. The molecule has 0 radical (unpaired) electrons. The molecule has 2 atom stereocenters. The van der Waals surface area contributed by atoms with Crippen molar-refractivity contribution in [2.45, 2.75) is 24.8 Å². The zero-order valence-corrected chi connectivity index (χ0v) is 17.3. The minimum atomic E-state index is -0.484. The maximum atomic E-state index is 13.4. The van der Waals surface area contributed by atoms with Crippen molar-refractivity contribution in [1.29, 1.82) is 0 Å². The fraction of sp³-hybridized carbons (Fsp3) is 0.286. The number of ketones is 1. The van der Waals surface area contributed by atoms with Crippen LogP contribution in [0.3, 0.4) is 0 Å². The number of rotatable bonds is 4. The number of carbonyl (C=O) groups excluding carboxylic acids is 1. The summed E-state index contributed by atoms with van der Waals surface area (Å²) in [4.78, 5) is 14.6. The van der Waals surface area contributed by atoms with E-state index < -0.39 is 6.04 Å². The fourth-order valence-electron chi connectivity index (χ4n) is 4.20. The molecule has 5 rings (SSSR count). The molecule has 9 heteroatoms. The molecule has 2 aliphatic rings. The number of benzene rings is 1. The number of carbonyl (C=O) groups is 1. The van der Waals surface area contributed by atoms with E-state index in [0.29, 0.717) is 41.5 Å². The first-order chi connectivity index (χ1) is 14.7. The zero-order valence-electron chi connectivity index (χ0n) is 16.5. The van der Waals surface area contributed by atoms with Gasteiger partial charge in [0.25, 0.3) is 0 Å². The SMILES string of the molecule is COc1cccc([C@@H]2Nc3nonc3NC3=C2C(=O)C[C@H](c2cccs2)C3)c1OC. The summed E-state index contributed by atoms with van der Waals surface area (Å²) in [6.07, 6.45) is 1.14. The summed E-state index contributed by atoms with van der Waals surface area (Å²) in [5, 5.41) is 16.6. The molecule has 1 aliphatic carbocycles. The van der Waals surface area contributed by atoms with Gasteiger partial charge in [-0.05, 0) is 34.2 Å². The lowest BCUT2D eigenvalue weighted by molar-refractivity contribution is -0.116. The van der Waals surface area contributed by atoms with E-state index in [2.05, 4.69) is 27.0 Å². The van der Waals surface area contributed by atoms with Crippen molar-refractivity contribution < 1.29 is 18.9 Å². The second-order valence-corrected chi connectivity index (χ2v) is 8.16. The van der Waals surface area contributed by atoms with Gasteiger partial charge in [-0.3, -0.25) is 4.79 Å². The molecule has 3 heterocycles. The first-order valence-electron chi connectivity index (χ1n) is 9.56. The van der Waals surface area contributed by atoms with Crippen LogP contribution in [0.5, 0.6) is 11.5 Å². The molecule has 0 bridgehead atoms. The van der Waals surface area contributed by atoms with Crippen LogP contribution in [-0.2, 0) is 4.79 Å². The highest BCUT2D eigenvalue weighted by atomic mass is 32.1. The van der Waals surface area contributed by atoms with Gasteiger partial charge in [0.2, 0.25) is 11.6 Å². The highest BCUT2D eigenvalue weighted by Gasteiger charge is 2.39. The van der Waals surface area contributed by atoms with Crippen LogP contribution in [0.1, 0.15) is 35.2 Å². The number of para-hydroxylation sites is 1. The normalized spacial score (nSPS) is 20.5. The van der Waals surface area contributed by atoms with Crippen molar-refractivity contribution in [3.8, 4) is 11.5 Å². The lowest BCUT2D eigenvalue weighted by Crippen LogP contribution is -2.27. The maximum Gasteiger partial charge on any atom is 0.219 e. The van der Waals surface area contributed by atoms with Gasteiger partial charge in [0, 0.05) is 34.0 Å². The molecule has 3 aromatic rings. The maximum absolute atomic E-state index is 13.4. The smallest absolute Gasteiger partial charge is 0.219 e. The Morgan fingerprint density at radius 3 is 2.73 bits per heavy atom. The molecule has 154 valence electrons. The van der Waals surface area contributed by atoms with Crippen molar-refractivity contribution in [3.63, 3.8) is 0 Å². The Morgan fingerprint density at radius 2 is 1.97 bits per heavy atom. The van der Waals surface area contributed by atoms with E-state index in [1.165, 1.54) is 4.88 Å². The van der Waals surface area contributed by atoms with Crippen LogP contribution >= 0.6 is 11.3 Å². The third-order valence-electron chi connectivity index (χ3n) is 5.53. The number of fused-ring (bicyclic) bond motifs is 1. The number of ether oxygens (including phenoxy) is 2. The number of allylic oxidation sites excluding steroid dienone is 1. The summed E-state index contributed by atoms with van der Waals surface area (Å²) in [5.41, 5.74) is 2.26. The van der Waals surface area contributed by atoms with E-state index >= 15 is 0 Å². The summed E-state index contributed by atoms with van der Waals surface area (Å²) >= 11 is 1.67. The molecular weight excluding hydrogens is 404 g/mol. The highest BCUT2D eigenvalue weighted by molar-refractivity contribution is 7.10. The Hall–Kier alpha value is -3.33. The molecule has 1 aromatic carbocycles. The average Bonchev–Trinajstić information content (AvgIpc) is 3.42. The van der Waals surface area contributed by atoms with Gasteiger partial charge in [-0.15, -0.1) is 11.3 Å². The van der Waals surface area contributed by atoms with Crippen molar-refractivity contribution >= 4 is 28.8 Å². The second-order valence-electron chi connectivity index (χ2n) is 7.18. The lowest BCUT2D eigenvalue weighted by atomic mass is 9.80. The number of nitrogens with one attached hydrogen (secondary N) is 2. The van der Waals surface area contributed by atoms with Gasteiger partial charge in [-0.25, -0.2) is 4.63 Å². The highest BCUT2D eigenvalue weighted by Crippen LogP contribution is 2.47. The Morgan fingerprint density at radius 1 is 1.10 bits per heavy atom. The molecular formula is C21H20N4O4S. The molecule has 2 aromatic heterocycles. The van der Waals surface area contributed by atoms with E-state index in [4.69, 9.17) is 14.1 Å². The minimum absolute atomic E-state index is 0.0756. The first-order valence-corrected chi connectivity index (χ1v) is 10.4. The fourth-order valence-corrected chi connectivity index (χ4v) is 5.03. The van der Waals surface area contributed by atoms with Crippen LogP contribution in [-0.4, -0.2) is 30.3 Å². The molecule has 0 saturated heterocycles. The first kappa shape index (κ1) is 18.7. The van der Waals surface area contributed by atoms with E-state index in [-0.39, 0.29) is 11.7 Å². The van der Waals surface area contributed by atoms with E-state index in [9.17, 15) is 4.79 Å². The third-order valence-corrected chi connectivity index (χ3v) is 6.56. The van der Waals surface area contributed by atoms with Gasteiger partial charge in [-0.1, -0.05) is 18.2 Å². The molecule has 8 nitrogen and oxygen atoms in total. The molecule has 30 heavy (non-hydrogen) atoms. The second kappa shape index (κ2) is 7.49. The number of aromatic nitrogens is 2. The van der Waals surface area contributed by atoms with Crippen LogP contribution in [0, 0.1) is 0 Å². The monoisotopic (exact) mass is 424 g/mol. The average molecular weight is 424 g/mol. The van der Waals surface area contributed by atoms with Crippen molar-refractivity contribution in [2.24, 2.45) is 0 Å². The number of hydrogen-bond donors (Lipinski definition) is 2. The van der Waals surface area contributed by atoms with Crippen LogP contribution in [0.25, 0.3) is 0 Å². The predicted molar refractivity (Wildman–Crippen MR) is 112 cm³/mol. The van der Waals surface area contributed by atoms with E-state index in [0.717, 1.165) is 11.3 Å². The van der Waals surface area contributed by atoms with Gasteiger partial charge in [0.1, 0.15) is 0 Å². The number of anilines is 2. The Kier molecular flexibility index (Phi) is 4.66. The number of thiophene rings is 1. The summed E-state index contributed by atoms with van der Waals surface area (Å²) < 4.78 is 16.0. The number of hydrogen-bond acceptors (Lipinski definition) is 9. The van der Waals surface area contributed by atoms with Gasteiger partial charge < -0.3 is 20.1 Å². The van der Waals surface area contributed by atoms with Crippen molar-refractivity contribution in [2.75, 3.05) is 24.9 Å². The van der Waals surface area contributed by atoms with Gasteiger partial charge in [-0.2, -0.15) is 0 Å². The van der Waals surface area contributed by atoms with Crippen molar-refractivity contribution in [3.05, 3.63) is 57.4 Å². The minimum Gasteiger partial charge on any atom is -0.493 e. The third kappa shape index (κ3) is 3.02. The Bertz CT molecular complexity index is 1120. The largest absolute Gasteiger partial charge is 0.493 e. The van der Waals surface area contributed by atoms with Crippen LogP contribution in [0.15, 0.2) is 51.6 Å². The van der Waals surface area contributed by atoms with E-state index in [1.54, 1.807) is 25.6 Å². The number of nitrogens with zero attached hydrogens (tertiary/aromatic N) is 2. The molecule has 0 fully saturated rings. The van der Waals surface area contributed by atoms with Gasteiger partial charge in [0.05, 0.1) is 20.3 Å². The molecule has 0 unspecified atom stereocenters. The standard InChI is InChI=1S/C21H20N4O4S/c1-27-15-6-3-5-12(19(15)28-2)18-17-13(22-20-21(23-18)25-29-24-20)9-11(10-14(17)26)16-7-4-8-30-16/h3-8,11,18H,9-10H2,1-2H3,(H,22,24)(H,23,25)/t11-,18+/m1/s1. The van der Waals surface area contributed by atoms with Gasteiger partial charge in [0.15, 0.2) is 17.3 Å². The molecule has 0 spiro atoms. The number of Topliss-reactive ketones (excluding diaryl/α,β-unsaturated/α-hetero) is 1. The predicted octanol–water partition coefficient (Wildman–Crippen LogP) is 4.13. The lowest BCUT2D eigenvalue weighted by Gasteiger charge is -2.29. The molecule has 2 N–H and O–H groups in total.